The highest BCUT2D eigenvalue weighted by molar-refractivity contribution is 5.98. The number of hydrogen-bond donors (Lipinski definition) is 1. The summed E-state index contributed by atoms with van der Waals surface area (Å²) in [5, 5.41) is 0. The van der Waals surface area contributed by atoms with Crippen molar-refractivity contribution in [2.24, 2.45) is 5.92 Å². The average molecular weight is 278 g/mol. The molecule has 20 heavy (non-hydrogen) atoms. The quantitative estimate of drug-likeness (QED) is 0.639. The predicted octanol–water partition coefficient (Wildman–Crippen LogP) is 2.06. The standard InChI is InChI=1S/C15H22N2O3/c1-11(2)5-7-19-8-6-17-13-9-12(16)3-4-14(13)20-10-15(17)18/h3-4,9,11H,5-8,10,16H2,1-2H3. The third kappa shape index (κ3) is 3.63. The average Bonchev–Trinajstić information content (AvgIpc) is 2.40. The minimum atomic E-state index is -0.0597. The first-order valence-corrected chi connectivity index (χ1v) is 6.98. The molecule has 0 aromatic heterocycles. The highest BCUT2D eigenvalue weighted by Crippen LogP contribution is 2.33. The molecule has 0 saturated carbocycles. The lowest BCUT2D eigenvalue weighted by molar-refractivity contribution is -0.121. The number of hydrogen-bond acceptors (Lipinski definition) is 4. The molecule has 2 rings (SSSR count). The van der Waals surface area contributed by atoms with Crippen molar-refractivity contribution in [2.45, 2.75) is 20.3 Å². The third-order valence-corrected chi connectivity index (χ3v) is 3.22. The number of nitrogens with zero attached hydrogens (tertiary/aromatic N) is 1. The maximum Gasteiger partial charge on any atom is 0.265 e. The van der Waals surface area contributed by atoms with Gasteiger partial charge in [-0.2, -0.15) is 0 Å². The molecule has 1 heterocycles. The van der Waals surface area contributed by atoms with Gasteiger partial charge in [0.2, 0.25) is 0 Å². The van der Waals surface area contributed by atoms with Gasteiger partial charge in [-0.15, -0.1) is 0 Å². The van der Waals surface area contributed by atoms with E-state index in [2.05, 4.69) is 13.8 Å². The number of anilines is 2. The topological polar surface area (TPSA) is 64.8 Å². The Balaban J connectivity index is 1.94. The van der Waals surface area contributed by atoms with Crippen molar-refractivity contribution in [1.82, 2.24) is 0 Å². The normalized spacial score (nSPS) is 14.3. The van der Waals surface area contributed by atoms with Crippen molar-refractivity contribution in [2.75, 3.05) is 37.0 Å². The monoisotopic (exact) mass is 278 g/mol. The van der Waals surface area contributed by atoms with Crippen LogP contribution < -0.4 is 15.4 Å². The van der Waals surface area contributed by atoms with Crippen LogP contribution in [-0.4, -0.2) is 32.3 Å². The van der Waals surface area contributed by atoms with Crippen molar-refractivity contribution < 1.29 is 14.3 Å². The van der Waals surface area contributed by atoms with Gasteiger partial charge in [0.15, 0.2) is 6.61 Å². The molecule has 1 aromatic carbocycles. The molecule has 0 saturated heterocycles. The largest absolute Gasteiger partial charge is 0.482 e. The molecule has 0 radical (unpaired) electrons. The van der Waals surface area contributed by atoms with E-state index in [9.17, 15) is 4.79 Å². The SMILES string of the molecule is CC(C)CCOCCN1C(=O)COc2ccc(N)cc21. The highest BCUT2D eigenvalue weighted by atomic mass is 16.5. The summed E-state index contributed by atoms with van der Waals surface area (Å²) in [6.07, 6.45) is 1.03. The van der Waals surface area contributed by atoms with Gasteiger partial charge in [0.1, 0.15) is 5.75 Å². The van der Waals surface area contributed by atoms with Crippen LogP contribution in [0.25, 0.3) is 0 Å². The molecule has 0 atom stereocenters. The summed E-state index contributed by atoms with van der Waals surface area (Å²) < 4.78 is 11.0. The number of carbonyl (C=O) groups excluding carboxylic acids is 1. The third-order valence-electron chi connectivity index (χ3n) is 3.22. The van der Waals surface area contributed by atoms with E-state index in [4.69, 9.17) is 15.2 Å². The molecule has 5 nitrogen and oxygen atoms in total. The molecular formula is C15H22N2O3. The number of carbonyl (C=O) groups is 1. The van der Waals surface area contributed by atoms with E-state index in [1.165, 1.54) is 0 Å². The van der Waals surface area contributed by atoms with E-state index in [0.29, 0.717) is 30.5 Å². The Labute approximate surface area is 119 Å². The fraction of sp³-hybridized carbons (Fsp3) is 0.533. The van der Waals surface area contributed by atoms with Crippen LogP contribution in [-0.2, 0) is 9.53 Å². The van der Waals surface area contributed by atoms with Crippen molar-refractivity contribution in [3.05, 3.63) is 18.2 Å². The summed E-state index contributed by atoms with van der Waals surface area (Å²) in [6, 6.07) is 5.33. The van der Waals surface area contributed by atoms with Gasteiger partial charge in [0, 0.05) is 18.8 Å². The Morgan fingerprint density at radius 2 is 2.20 bits per heavy atom. The summed E-state index contributed by atoms with van der Waals surface area (Å²) in [5.41, 5.74) is 7.12. The molecule has 5 heteroatoms. The van der Waals surface area contributed by atoms with Crippen LogP contribution in [0.15, 0.2) is 18.2 Å². The maximum absolute atomic E-state index is 11.9. The van der Waals surface area contributed by atoms with Crippen molar-refractivity contribution in [3.8, 4) is 5.75 Å². The Morgan fingerprint density at radius 1 is 1.40 bits per heavy atom. The second kappa shape index (κ2) is 6.61. The molecule has 0 unspecified atom stereocenters. The molecule has 1 aliphatic heterocycles. The highest BCUT2D eigenvalue weighted by Gasteiger charge is 2.25. The zero-order valence-electron chi connectivity index (χ0n) is 12.1. The summed E-state index contributed by atoms with van der Waals surface area (Å²) in [4.78, 5) is 13.6. The van der Waals surface area contributed by atoms with Crippen LogP contribution in [0.1, 0.15) is 20.3 Å². The van der Waals surface area contributed by atoms with E-state index >= 15 is 0 Å². The maximum atomic E-state index is 11.9. The lowest BCUT2D eigenvalue weighted by Gasteiger charge is -2.29. The number of nitrogens with two attached hydrogens (primary N) is 1. The van der Waals surface area contributed by atoms with Crippen LogP contribution in [0.4, 0.5) is 11.4 Å². The second-order valence-electron chi connectivity index (χ2n) is 5.36. The number of ether oxygens (including phenoxy) is 2. The van der Waals surface area contributed by atoms with Gasteiger partial charge in [-0.3, -0.25) is 4.79 Å². The molecule has 0 fully saturated rings. The van der Waals surface area contributed by atoms with Gasteiger partial charge < -0.3 is 20.1 Å². The van der Waals surface area contributed by atoms with Gasteiger partial charge in [0.05, 0.1) is 12.3 Å². The molecule has 0 aliphatic carbocycles. The van der Waals surface area contributed by atoms with Gasteiger partial charge >= 0.3 is 0 Å². The first-order chi connectivity index (χ1) is 9.58. The summed E-state index contributed by atoms with van der Waals surface area (Å²) in [7, 11) is 0. The summed E-state index contributed by atoms with van der Waals surface area (Å²) in [5.74, 6) is 1.26. The first kappa shape index (κ1) is 14.7. The van der Waals surface area contributed by atoms with Crippen LogP contribution >= 0.6 is 0 Å². The number of amides is 1. The van der Waals surface area contributed by atoms with Crippen LogP contribution in [0.3, 0.4) is 0 Å². The Morgan fingerprint density at radius 3 is 2.95 bits per heavy atom. The Kier molecular flexibility index (Phi) is 4.84. The van der Waals surface area contributed by atoms with E-state index in [-0.39, 0.29) is 12.5 Å². The molecule has 1 aromatic rings. The molecule has 1 amide bonds. The van der Waals surface area contributed by atoms with Crippen LogP contribution in [0, 0.1) is 5.92 Å². The number of benzene rings is 1. The Bertz CT molecular complexity index is 474. The molecule has 110 valence electrons. The lowest BCUT2D eigenvalue weighted by Crippen LogP contribution is -2.40. The molecule has 2 N–H and O–H groups in total. The molecule has 0 bridgehead atoms. The fourth-order valence-corrected chi connectivity index (χ4v) is 2.04. The number of nitrogen functional groups attached to an aromatic ring is 1. The zero-order chi connectivity index (χ0) is 14.5. The zero-order valence-corrected chi connectivity index (χ0v) is 12.1. The number of fused-ring (bicyclic) bond motifs is 1. The lowest BCUT2D eigenvalue weighted by atomic mass is 10.1. The molecule has 1 aliphatic rings. The van der Waals surface area contributed by atoms with Crippen molar-refractivity contribution in [3.63, 3.8) is 0 Å². The van der Waals surface area contributed by atoms with Crippen molar-refractivity contribution >= 4 is 17.3 Å². The minimum absolute atomic E-state index is 0.0597. The van der Waals surface area contributed by atoms with E-state index < -0.39 is 0 Å². The van der Waals surface area contributed by atoms with E-state index in [1.807, 2.05) is 0 Å². The van der Waals surface area contributed by atoms with Crippen molar-refractivity contribution in [1.29, 1.82) is 0 Å². The Hall–Kier alpha value is -1.75. The number of rotatable bonds is 6. The summed E-state index contributed by atoms with van der Waals surface area (Å²) in [6.45, 7) is 6.16. The van der Waals surface area contributed by atoms with Gasteiger partial charge in [-0.1, -0.05) is 13.8 Å². The first-order valence-electron chi connectivity index (χ1n) is 6.98. The molecular weight excluding hydrogens is 256 g/mol. The van der Waals surface area contributed by atoms with Gasteiger partial charge in [-0.05, 0) is 30.5 Å². The second-order valence-corrected chi connectivity index (χ2v) is 5.36. The van der Waals surface area contributed by atoms with E-state index in [1.54, 1.807) is 23.1 Å². The molecule has 0 spiro atoms. The van der Waals surface area contributed by atoms with Crippen LogP contribution in [0.5, 0.6) is 5.75 Å². The van der Waals surface area contributed by atoms with Crippen LogP contribution in [0.2, 0.25) is 0 Å². The fourth-order valence-electron chi connectivity index (χ4n) is 2.04. The van der Waals surface area contributed by atoms with E-state index in [0.717, 1.165) is 18.7 Å². The van der Waals surface area contributed by atoms with Gasteiger partial charge in [-0.25, -0.2) is 0 Å². The minimum Gasteiger partial charge on any atom is -0.482 e. The smallest absolute Gasteiger partial charge is 0.265 e. The predicted molar refractivity (Wildman–Crippen MR) is 79.0 cm³/mol. The van der Waals surface area contributed by atoms with Gasteiger partial charge in [0.25, 0.3) is 5.91 Å². The summed E-state index contributed by atoms with van der Waals surface area (Å²) >= 11 is 0.